The SMILES string of the molecule is Cc1ccc(OCCOc2ccccc2/C=N\n2cnnc2)cc1. The summed E-state index contributed by atoms with van der Waals surface area (Å²) < 4.78 is 13.0. The zero-order valence-electron chi connectivity index (χ0n) is 13.4. The first-order valence-electron chi connectivity index (χ1n) is 7.61. The molecule has 2 aromatic carbocycles. The highest BCUT2D eigenvalue weighted by molar-refractivity contribution is 5.83. The van der Waals surface area contributed by atoms with Crippen LogP contribution >= 0.6 is 0 Å². The van der Waals surface area contributed by atoms with Gasteiger partial charge in [0.05, 0.1) is 6.21 Å². The van der Waals surface area contributed by atoms with Crippen LogP contribution in [0, 0.1) is 6.92 Å². The molecule has 122 valence electrons. The van der Waals surface area contributed by atoms with E-state index in [9.17, 15) is 0 Å². The zero-order chi connectivity index (χ0) is 16.6. The molecule has 0 bridgehead atoms. The smallest absolute Gasteiger partial charge is 0.141 e. The molecule has 3 rings (SSSR count). The van der Waals surface area contributed by atoms with Crippen LogP contribution in [-0.4, -0.2) is 34.3 Å². The number of aromatic nitrogens is 3. The molecular formula is C18H18N4O2. The van der Waals surface area contributed by atoms with Gasteiger partial charge in [0.15, 0.2) is 0 Å². The highest BCUT2D eigenvalue weighted by Crippen LogP contribution is 2.16. The Hall–Kier alpha value is -3.15. The predicted octanol–water partition coefficient (Wildman–Crippen LogP) is 2.93. The second-order valence-corrected chi connectivity index (χ2v) is 5.13. The minimum atomic E-state index is 0.450. The van der Waals surface area contributed by atoms with Gasteiger partial charge in [0.2, 0.25) is 0 Å². The molecule has 24 heavy (non-hydrogen) atoms. The number of rotatable bonds is 7. The first-order valence-corrected chi connectivity index (χ1v) is 7.61. The van der Waals surface area contributed by atoms with Gasteiger partial charge in [0.25, 0.3) is 0 Å². The van der Waals surface area contributed by atoms with E-state index in [1.165, 1.54) is 22.9 Å². The molecule has 0 saturated heterocycles. The highest BCUT2D eigenvalue weighted by atomic mass is 16.5. The Labute approximate surface area is 140 Å². The van der Waals surface area contributed by atoms with Gasteiger partial charge in [-0.05, 0) is 31.2 Å². The summed E-state index contributed by atoms with van der Waals surface area (Å²) in [5, 5.41) is 11.6. The molecule has 3 aromatic rings. The van der Waals surface area contributed by atoms with Gasteiger partial charge >= 0.3 is 0 Å². The lowest BCUT2D eigenvalue weighted by Crippen LogP contribution is -2.10. The molecule has 1 aromatic heterocycles. The van der Waals surface area contributed by atoms with Gasteiger partial charge < -0.3 is 9.47 Å². The number of aryl methyl sites for hydroxylation is 1. The normalized spacial score (nSPS) is 10.9. The molecule has 0 aliphatic heterocycles. The van der Waals surface area contributed by atoms with Crippen LogP contribution in [0.1, 0.15) is 11.1 Å². The Balaban J connectivity index is 1.54. The molecule has 0 spiro atoms. The largest absolute Gasteiger partial charge is 0.490 e. The van der Waals surface area contributed by atoms with Crippen molar-refractivity contribution in [3.63, 3.8) is 0 Å². The number of hydrogen-bond acceptors (Lipinski definition) is 5. The third kappa shape index (κ3) is 4.42. The molecule has 0 atom stereocenters. The fraction of sp³-hybridized carbons (Fsp3) is 0.167. The zero-order valence-corrected chi connectivity index (χ0v) is 13.4. The fourth-order valence-electron chi connectivity index (χ4n) is 2.05. The number of ether oxygens (including phenoxy) is 2. The van der Waals surface area contributed by atoms with E-state index in [0.29, 0.717) is 13.2 Å². The van der Waals surface area contributed by atoms with E-state index in [1.54, 1.807) is 6.21 Å². The Morgan fingerprint density at radius 1 is 0.958 bits per heavy atom. The monoisotopic (exact) mass is 322 g/mol. The summed E-state index contributed by atoms with van der Waals surface area (Å²) in [5.41, 5.74) is 2.08. The summed E-state index contributed by atoms with van der Waals surface area (Å²) in [6, 6.07) is 15.6. The van der Waals surface area contributed by atoms with Gasteiger partial charge in [0, 0.05) is 5.56 Å². The van der Waals surface area contributed by atoms with Crippen molar-refractivity contribution in [3.05, 3.63) is 72.3 Å². The van der Waals surface area contributed by atoms with E-state index < -0.39 is 0 Å². The minimum absolute atomic E-state index is 0.450. The average molecular weight is 322 g/mol. The van der Waals surface area contributed by atoms with Gasteiger partial charge in [-0.15, -0.1) is 10.2 Å². The van der Waals surface area contributed by atoms with Crippen LogP contribution in [0.15, 0.2) is 66.3 Å². The molecule has 0 fully saturated rings. The van der Waals surface area contributed by atoms with Gasteiger partial charge in [-0.25, -0.2) is 4.68 Å². The van der Waals surface area contributed by atoms with E-state index in [0.717, 1.165) is 17.1 Å². The van der Waals surface area contributed by atoms with Crippen molar-refractivity contribution in [1.29, 1.82) is 0 Å². The number of nitrogens with zero attached hydrogens (tertiary/aromatic N) is 4. The Kier molecular flexibility index (Phi) is 5.19. The van der Waals surface area contributed by atoms with Crippen molar-refractivity contribution in [2.24, 2.45) is 5.10 Å². The maximum Gasteiger partial charge on any atom is 0.141 e. The molecule has 6 nitrogen and oxygen atoms in total. The summed E-state index contributed by atoms with van der Waals surface area (Å²) in [4.78, 5) is 0. The van der Waals surface area contributed by atoms with Crippen LogP contribution in [0.3, 0.4) is 0 Å². The van der Waals surface area contributed by atoms with Crippen LogP contribution in [0.4, 0.5) is 0 Å². The van der Waals surface area contributed by atoms with Gasteiger partial charge in [-0.2, -0.15) is 5.10 Å². The molecule has 0 unspecified atom stereocenters. The van der Waals surface area contributed by atoms with Crippen LogP contribution in [0.25, 0.3) is 0 Å². The standard InChI is InChI=1S/C18H18N4O2/c1-15-6-8-17(9-7-15)23-10-11-24-18-5-3-2-4-16(18)12-21-22-13-19-20-14-22/h2-9,12-14H,10-11H2,1H3/b21-12-. The van der Waals surface area contributed by atoms with E-state index in [1.807, 2.05) is 55.5 Å². The maximum atomic E-state index is 5.80. The molecule has 1 heterocycles. The van der Waals surface area contributed by atoms with Crippen molar-refractivity contribution < 1.29 is 9.47 Å². The van der Waals surface area contributed by atoms with Crippen molar-refractivity contribution in [1.82, 2.24) is 14.9 Å². The lowest BCUT2D eigenvalue weighted by atomic mass is 10.2. The number of benzene rings is 2. The molecule has 6 heteroatoms. The van der Waals surface area contributed by atoms with Crippen LogP contribution in [-0.2, 0) is 0 Å². The van der Waals surface area contributed by atoms with E-state index in [4.69, 9.17) is 9.47 Å². The van der Waals surface area contributed by atoms with E-state index in [2.05, 4.69) is 15.3 Å². The lowest BCUT2D eigenvalue weighted by Gasteiger charge is -2.10. The molecule has 0 N–H and O–H groups in total. The lowest BCUT2D eigenvalue weighted by molar-refractivity contribution is 0.217. The summed E-state index contributed by atoms with van der Waals surface area (Å²) in [6.45, 7) is 2.97. The average Bonchev–Trinajstić information content (AvgIpc) is 3.13. The van der Waals surface area contributed by atoms with Crippen molar-refractivity contribution in [3.8, 4) is 11.5 Å². The Bertz CT molecular complexity index is 783. The molecular weight excluding hydrogens is 304 g/mol. The number of para-hydroxylation sites is 1. The maximum absolute atomic E-state index is 5.80. The first-order chi connectivity index (χ1) is 11.8. The van der Waals surface area contributed by atoms with Gasteiger partial charge in [-0.1, -0.05) is 29.8 Å². The summed E-state index contributed by atoms with van der Waals surface area (Å²) in [6.07, 6.45) is 4.75. The fourth-order valence-corrected chi connectivity index (χ4v) is 2.05. The molecule has 0 aliphatic carbocycles. The van der Waals surface area contributed by atoms with E-state index in [-0.39, 0.29) is 0 Å². The minimum Gasteiger partial charge on any atom is -0.490 e. The molecule has 0 radical (unpaired) electrons. The van der Waals surface area contributed by atoms with Crippen molar-refractivity contribution >= 4 is 6.21 Å². The molecule has 0 amide bonds. The quantitative estimate of drug-likeness (QED) is 0.496. The highest BCUT2D eigenvalue weighted by Gasteiger charge is 2.01. The van der Waals surface area contributed by atoms with Crippen molar-refractivity contribution in [2.45, 2.75) is 6.92 Å². The predicted molar refractivity (Wildman–Crippen MR) is 91.6 cm³/mol. The van der Waals surface area contributed by atoms with Gasteiger partial charge in [-0.3, -0.25) is 0 Å². The summed E-state index contributed by atoms with van der Waals surface area (Å²) in [5.74, 6) is 1.59. The topological polar surface area (TPSA) is 61.5 Å². The van der Waals surface area contributed by atoms with Crippen molar-refractivity contribution in [2.75, 3.05) is 13.2 Å². The Morgan fingerprint density at radius 3 is 2.46 bits per heavy atom. The first kappa shape index (κ1) is 15.7. The van der Waals surface area contributed by atoms with E-state index >= 15 is 0 Å². The third-order valence-electron chi connectivity index (χ3n) is 3.29. The third-order valence-corrected chi connectivity index (χ3v) is 3.29. The number of hydrogen-bond donors (Lipinski definition) is 0. The molecule has 0 aliphatic rings. The van der Waals surface area contributed by atoms with Crippen LogP contribution in [0.5, 0.6) is 11.5 Å². The van der Waals surface area contributed by atoms with Crippen LogP contribution < -0.4 is 9.47 Å². The summed E-state index contributed by atoms with van der Waals surface area (Å²) in [7, 11) is 0. The van der Waals surface area contributed by atoms with Gasteiger partial charge in [0.1, 0.15) is 37.4 Å². The summed E-state index contributed by atoms with van der Waals surface area (Å²) >= 11 is 0. The molecule has 0 saturated carbocycles. The van der Waals surface area contributed by atoms with Crippen LogP contribution in [0.2, 0.25) is 0 Å². The second kappa shape index (κ2) is 7.92. The Morgan fingerprint density at radius 2 is 1.67 bits per heavy atom. The second-order valence-electron chi connectivity index (χ2n) is 5.13.